The predicted molar refractivity (Wildman–Crippen MR) is 70.2 cm³/mol. The maximum absolute atomic E-state index is 11.8. The van der Waals surface area contributed by atoms with Gasteiger partial charge in [0.2, 0.25) is 0 Å². The lowest BCUT2D eigenvalue weighted by Crippen LogP contribution is -2.22. The number of ether oxygens (including phenoxy) is 2. The molecule has 1 aliphatic heterocycles. The highest BCUT2D eigenvalue weighted by atomic mass is 16.7. The average Bonchev–Trinajstić information content (AvgIpc) is 2.67. The third kappa shape index (κ3) is 4.21. The molecule has 0 N–H and O–H groups in total. The molecule has 0 aromatic heterocycles. The van der Waals surface area contributed by atoms with Gasteiger partial charge in [-0.15, -0.1) is 0 Å². The van der Waals surface area contributed by atoms with Gasteiger partial charge in [-0.3, -0.25) is 4.79 Å². The number of ketones is 1. The van der Waals surface area contributed by atoms with E-state index >= 15 is 0 Å². The maximum Gasteiger partial charge on any atom is 0.163 e. The van der Waals surface area contributed by atoms with Crippen molar-refractivity contribution >= 4 is 5.78 Å². The van der Waals surface area contributed by atoms with Gasteiger partial charge in [-0.1, -0.05) is 25.3 Å². The summed E-state index contributed by atoms with van der Waals surface area (Å²) >= 11 is 0. The van der Waals surface area contributed by atoms with Crippen LogP contribution in [-0.2, 0) is 14.3 Å². The Morgan fingerprint density at radius 3 is 2.61 bits per heavy atom. The molecule has 1 saturated carbocycles. The summed E-state index contributed by atoms with van der Waals surface area (Å²) in [6, 6.07) is 0. The van der Waals surface area contributed by atoms with Crippen LogP contribution in [0.3, 0.4) is 0 Å². The van der Waals surface area contributed by atoms with Crippen molar-refractivity contribution in [1.82, 2.24) is 0 Å². The van der Waals surface area contributed by atoms with E-state index in [1.54, 1.807) is 6.08 Å². The third-order valence-corrected chi connectivity index (χ3v) is 3.70. The van der Waals surface area contributed by atoms with Crippen LogP contribution < -0.4 is 0 Å². The second kappa shape index (κ2) is 5.98. The first kappa shape index (κ1) is 13.8. The highest BCUT2D eigenvalue weighted by molar-refractivity contribution is 5.90. The van der Waals surface area contributed by atoms with Crippen LogP contribution in [0.5, 0.6) is 0 Å². The van der Waals surface area contributed by atoms with E-state index in [-0.39, 0.29) is 11.9 Å². The fourth-order valence-corrected chi connectivity index (χ4v) is 2.73. The lowest BCUT2D eigenvalue weighted by atomic mass is 9.89. The molecule has 2 fully saturated rings. The lowest BCUT2D eigenvalue weighted by Gasteiger charge is -2.18. The van der Waals surface area contributed by atoms with Gasteiger partial charge in [0.15, 0.2) is 11.6 Å². The molecule has 1 aliphatic carbocycles. The summed E-state index contributed by atoms with van der Waals surface area (Å²) in [4.78, 5) is 11.8. The van der Waals surface area contributed by atoms with Crippen LogP contribution in [0, 0.1) is 5.92 Å². The van der Waals surface area contributed by atoms with Crippen LogP contribution in [0.1, 0.15) is 52.4 Å². The number of allylic oxidation sites excluding steroid dienone is 2. The molecule has 1 heterocycles. The van der Waals surface area contributed by atoms with Gasteiger partial charge in [0.1, 0.15) is 0 Å². The van der Waals surface area contributed by atoms with Crippen LogP contribution in [0.15, 0.2) is 12.2 Å². The summed E-state index contributed by atoms with van der Waals surface area (Å²) in [6.45, 7) is 4.29. The molecule has 2 rings (SSSR count). The molecule has 2 aliphatic rings. The van der Waals surface area contributed by atoms with Crippen LogP contribution in [0.4, 0.5) is 0 Å². The van der Waals surface area contributed by atoms with E-state index in [2.05, 4.69) is 6.08 Å². The molecule has 0 spiro atoms. The first-order valence-corrected chi connectivity index (χ1v) is 7.08. The van der Waals surface area contributed by atoms with Crippen LogP contribution in [-0.4, -0.2) is 24.3 Å². The Bertz CT molecular complexity index is 314. The van der Waals surface area contributed by atoms with E-state index in [9.17, 15) is 4.79 Å². The van der Waals surface area contributed by atoms with Gasteiger partial charge in [0, 0.05) is 6.42 Å². The van der Waals surface area contributed by atoms with Crippen molar-refractivity contribution in [1.29, 1.82) is 0 Å². The van der Waals surface area contributed by atoms with Gasteiger partial charge in [0.05, 0.1) is 12.7 Å². The first-order chi connectivity index (χ1) is 8.55. The summed E-state index contributed by atoms with van der Waals surface area (Å²) in [7, 11) is 0. The minimum Gasteiger partial charge on any atom is -0.348 e. The van der Waals surface area contributed by atoms with Gasteiger partial charge < -0.3 is 9.47 Å². The van der Waals surface area contributed by atoms with E-state index in [1.807, 2.05) is 13.8 Å². The van der Waals surface area contributed by atoms with Crippen molar-refractivity contribution in [3.63, 3.8) is 0 Å². The molecule has 102 valence electrons. The number of carbonyl (C=O) groups is 1. The normalized spacial score (nSPS) is 28.9. The number of carbonyl (C=O) groups excluding carboxylic acids is 1. The summed E-state index contributed by atoms with van der Waals surface area (Å²) in [5.74, 6) is 0.240. The Morgan fingerprint density at radius 1 is 1.28 bits per heavy atom. The van der Waals surface area contributed by atoms with Crippen LogP contribution in [0.25, 0.3) is 0 Å². The molecule has 3 heteroatoms. The lowest BCUT2D eigenvalue weighted by molar-refractivity contribution is -0.141. The Kier molecular flexibility index (Phi) is 4.57. The fourth-order valence-electron chi connectivity index (χ4n) is 2.73. The summed E-state index contributed by atoms with van der Waals surface area (Å²) in [5, 5.41) is 0. The molecule has 1 saturated heterocycles. The van der Waals surface area contributed by atoms with Crippen LogP contribution >= 0.6 is 0 Å². The molecule has 0 radical (unpaired) electrons. The SMILES string of the molecule is CC1(C)OCC(CC(=O)/C=C/C2CCCCC2)O1. The Hall–Kier alpha value is -0.670. The summed E-state index contributed by atoms with van der Waals surface area (Å²) in [6.07, 6.45) is 10.6. The predicted octanol–water partition coefficient (Wildman–Crippen LogP) is 3.23. The topological polar surface area (TPSA) is 35.5 Å². The Labute approximate surface area is 110 Å². The molecule has 0 amide bonds. The van der Waals surface area contributed by atoms with Gasteiger partial charge in [0.25, 0.3) is 0 Å². The average molecular weight is 252 g/mol. The largest absolute Gasteiger partial charge is 0.348 e. The second-order valence-electron chi connectivity index (χ2n) is 5.88. The number of hydrogen-bond donors (Lipinski definition) is 0. The quantitative estimate of drug-likeness (QED) is 0.721. The molecule has 0 aromatic rings. The van der Waals surface area contributed by atoms with Gasteiger partial charge in [-0.25, -0.2) is 0 Å². The molecule has 18 heavy (non-hydrogen) atoms. The maximum atomic E-state index is 11.8. The monoisotopic (exact) mass is 252 g/mol. The van der Waals surface area contributed by atoms with E-state index in [1.165, 1.54) is 32.1 Å². The van der Waals surface area contributed by atoms with Crippen molar-refractivity contribution in [2.45, 2.75) is 64.3 Å². The molecular formula is C15H24O3. The zero-order valence-corrected chi connectivity index (χ0v) is 11.5. The molecule has 0 aromatic carbocycles. The zero-order valence-electron chi connectivity index (χ0n) is 11.5. The highest BCUT2D eigenvalue weighted by Crippen LogP contribution is 2.26. The third-order valence-electron chi connectivity index (χ3n) is 3.70. The Morgan fingerprint density at radius 2 is 2.00 bits per heavy atom. The van der Waals surface area contributed by atoms with Gasteiger partial charge >= 0.3 is 0 Å². The first-order valence-electron chi connectivity index (χ1n) is 7.08. The van der Waals surface area contributed by atoms with Gasteiger partial charge in [-0.05, 0) is 38.7 Å². The molecule has 0 bridgehead atoms. The van der Waals surface area contributed by atoms with Crippen molar-refractivity contribution in [2.24, 2.45) is 5.92 Å². The molecule has 3 nitrogen and oxygen atoms in total. The fraction of sp³-hybridized carbons (Fsp3) is 0.800. The number of rotatable bonds is 4. The number of hydrogen-bond acceptors (Lipinski definition) is 3. The molecule has 1 unspecified atom stereocenters. The van der Waals surface area contributed by atoms with E-state index < -0.39 is 5.79 Å². The zero-order chi connectivity index (χ0) is 13.0. The van der Waals surface area contributed by atoms with E-state index in [0.29, 0.717) is 18.9 Å². The van der Waals surface area contributed by atoms with Crippen molar-refractivity contribution in [3.05, 3.63) is 12.2 Å². The van der Waals surface area contributed by atoms with Gasteiger partial charge in [-0.2, -0.15) is 0 Å². The standard InChI is InChI=1S/C15H24O3/c1-15(2)17-11-14(18-15)10-13(16)9-8-12-6-4-3-5-7-12/h8-9,12,14H,3-7,10-11H2,1-2H3/b9-8+. The summed E-state index contributed by atoms with van der Waals surface area (Å²) < 4.78 is 11.1. The smallest absolute Gasteiger partial charge is 0.163 e. The molecule has 1 atom stereocenters. The minimum absolute atomic E-state index is 0.0801. The van der Waals surface area contributed by atoms with E-state index in [4.69, 9.17) is 9.47 Å². The van der Waals surface area contributed by atoms with Crippen molar-refractivity contribution in [3.8, 4) is 0 Å². The highest BCUT2D eigenvalue weighted by Gasteiger charge is 2.33. The molecular weight excluding hydrogens is 228 g/mol. The minimum atomic E-state index is -0.530. The Balaban J connectivity index is 1.73. The van der Waals surface area contributed by atoms with Crippen LogP contribution in [0.2, 0.25) is 0 Å². The van der Waals surface area contributed by atoms with Crippen molar-refractivity contribution < 1.29 is 14.3 Å². The van der Waals surface area contributed by atoms with Crippen molar-refractivity contribution in [2.75, 3.05) is 6.61 Å². The second-order valence-corrected chi connectivity index (χ2v) is 5.88. The summed E-state index contributed by atoms with van der Waals surface area (Å²) in [5.41, 5.74) is 0. The van der Waals surface area contributed by atoms with E-state index in [0.717, 1.165) is 0 Å².